The fraction of sp³-hybridized carbons (Fsp3) is 0. The molecule has 0 saturated carbocycles. The molecule has 8 N–H and O–H groups in total. The summed E-state index contributed by atoms with van der Waals surface area (Å²) in [6.45, 7) is 0. The van der Waals surface area contributed by atoms with Crippen LogP contribution in [0.2, 0.25) is 0 Å². The third-order valence-electron chi connectivity index (χ3n) is 9.63. The SMILES string of the molecule is Oc1cccc(O)c1-c1c2nc(c(-c3c(O)cccc3O)c3ccc([nH]3)c(-c3c(O)cccc3O)c3nc(c(-c4ccccc4)c4ccc1[nH]4)C=C3)C=C2.[Zn+2]. The number of hydrogen-bond acceptors (Lipinski definition) is 8. The number of aromatic amines is 2. The summed E-state index contributed by atoms with van der Waals surface area (Å²) in [5.41, 5.74) is 7.00. The van der Waals surface area contributed by atoms with Crippen molar-refractivity contribution in [1.82, 2.24) is 19.9 Å². The van der Waals surface area contributed by atoms with Gasteiger partial charge in [0, 0.05) is 44.3 Å². The molecule has 11 heteroatoms. The molecule has 2 aliphatic heterocycles. The number of rotatable bonds is 4. The Morgan fingerprint density at radius 1 is 0.309 bits per heavy atom. The summed E-state index contributed by atoms with van der Waals surface area (Å²) in [4.78, 5) is 17.0. The Labute approximate surface area is 326 Å². The molecule has 2 aliphatic rings. The Hall–Kier alpha value is -7.10. The zero-order chi connectivity index (χ0) is 37.1. The van der Waals surface area contributed by atoms with Gasteiger partial charge in [-0.3, -0.25) is 0 Å². The largest absolute Gasteiger partial charge is 2.00 e. The molecule has 8 bridgehead atoms. The van der Waals surface area contributed by atoms with Crippen LogP contribution >= 0.6 is 0 Å². The molecule has 0 aliphatic carbocycles. The molecular formula is C44H30N4O6Zn+2. The second-order valence-electron chi connectivity index (χ2n) is 12.9. The predicted molar refractivity (Wildman–Crippen MR) is 211 cm³/mol. The molecule has 9 rings (SSSR count). The molecule has 0 saturated heterocycles. The number of nitrogens with one attached hydrogen (secondary N) is 2. The van der Waals surface area contributed by atoms with Crippen LogP contribution in [-0.4, -0.2) is 50.6 Å². The summed E-state index contributed by atoms with van der Waals surface area (Å²) in [5.74, 6) is -1.07. The van der Waals surface area contributed by atoms with Gasteiger partial charge in [-0.05, 0) is 90.5 Å². The summed E-state index contributed by atoms with van der Waals surface area (Å²) in [7, 11) is 0. The molecule has 10 nitrogen and oxygen atoms in total. The van der Waals surface area contributed by atoms with E-state index in [9.17, 15) is 30.6 Å². The van der Waals surface area contributed by atoms with E-state index in [0.717, 1.165) is 11.1 Å². The molecule has 5 heterocycles. The number of aromatic nitrogens is 4. The van der Waals surface area contributed by atoms with Crippen molar-refractivity contribution in [3.8, 4) is 79.0 Å². The van der Waals surface area contributed by atoms with E-state index in [1.165, 1.54) is 42.5 Å². The third-order valence-corrected chi connectivity index (χ3v) is 9.63. The molecule has 4 aromatic carbocycles. The topological polar surface area (TPSA) is 179 Å². The van der Waals surface area contributed by atoms with E-state index in [4.69, 9.17) is 9.97 Å². The van der Waals surface area contributed by atoms with Crippen LogP contribution in [0, 0.1) is 0 Å². The fourth-order valence-electron chi connectivity index (χ4n) is 7.26. The normalized spacial score (nSPS) is 11.8. The van der Waals surface area contributed by atoms with Crippen molar-refractivity contribution in [2.24, 2.45) is 0 Å². The van der Waals surface area contributed by atoms with E-state index in [2.05, 4.69) is 9.97 Å². The summed E-state index contributed by atoms with van der Waals surface area (Å²) >= 11 is 0. The first-order valence-corrected chi connectivity index (χ1v) is 17.0. The van der Waals surface area contributed by atoms with Crippen molar-refractivity contribution in [1.29, 1.82) is 0 Å². The van der Waals surface area contributed by atoms with E-state index >= 15 is 0 Å². The Morgan fingerprint density at radius 2 is 0.600 bits per heavy atom. The Morgan fingerprint density at radius 3 is 0.927 bits per heavy atom. The summed E-state index contributed by atoms with van der Waals surface area (Å²) in [5, 5.41) is 67.1. The monoisotopic (exact) mass is 774 g/mol. The number of aromatic hydroxyl groups is 6. The molecule has 0 spiro atoms. The van der Waals surface area contributed by atoms with Crippen LogP contribution < -0.4 is 0 Å². The van der Waals surface area contributed by atoms with Gasteiger partial charge in [0.1, 0.15) is 34.5 Å². The molecule has 0 atom stereocenters. The minimum absolute atomic E-state index is 0. The average molecular weight is 776 g/mol. The van der Waals surface area contributed by atoms with Gasteiger partial charge in [0.2, 0.25) is 0 Å². The molecule has 0 radical (unpaired) electrons. The molecule has 7 aromatic rings. The molecule has 55 heavy (non-hydrogen) atoms. The van der Waals surface area contributed by atoms with Crippen molar-refractivity contribution in [2.75, 3.05) is 0 Å². The van der Waals surface area contributed by atoms with Crippen molar-refractivity contribution in [2.45, 2.75) is 0 Å². The molecule has 0 amide bonds. The van der Waals surface area contributed by atoms with Gasteiger partial charge < -0.3 is 40.6 Å². The zero-order valence-electron chi connectivity index (χ0n) is 29.0. The quantitative estimate of drug-likeness (QED) is 0.0815. The first kappa shape index (κ1) is 35.0. The number of benzene rings is 4. The maximum absolute atomic E-state index is 11.2. The second kappa shape index (κ2) is 13.7. The van der Waals surface area contributed by atoms with Crippen LogP contribution in [0.25, 0.3) is 90.9 Å². The van der Waals surface area contributed by atoms with Gasteiger partial charge >= 0.3 is 19.5 Å². The van der Waals surface area contributed by atoms with Gasteiger partial charge in [-0.2, -0.15) is 0 Å². The van der Waals surface area contributed by atoms with Crippen molar-refractivity contribution in [3.63, 3.8) is 0 Å². The van der Waals surface area contributed by atoms with Crippen molar-refractivity contribution >= 4 is 46.4 Å². The minimum Gasteiger partial charge on any atom is -0.507 e. The number of hydrogen-bond donors (Lipinski definition) is 8. The molecule has 3 aromatic heterocycles. The first-order valence-electron chi connectivity index (χ1n) is 17.0. The minimum atomic E-state index is -0.203. The van der Waals surface area contributed by atoms with Crippen molar-refractivity contribution in [3.05, 3.63) is 132 Å². The maximum Gasteiger partial charge on any atom is 2.00 e. The van der Waals surface area contributed by atoms with E-state index in [-0.39, 0.29) is 70.7 Å². The van der Waals surface area contributed by atoms with Gasteiger partial charge in [-0.1, -0.05) is 48.5 Å². The van der Waals surface area contributed by atoms with E-state index in [1.54, 1.807) is 36.4 Å². The van der Waals surface area contributed by atoms with E-state index in [0.29, 0.717) is 61.5 Å². The summed E-state index contributed by atoms with van der Waals surface area (Å²) < 4.78 is 0. The number of H-pyrrole nitrogens is 2. The maximum atomic E-state index is 11.2. The average Bonchev–Trinajstić information content (AvgIpc) is 3.99. The molecular weight excluding hydrogens is 746 g/mol. The van der Waals surface area contributed by atoms with Gasteiger partial charge in [0.05, 0.1) is 39.5 Å². The van der Waals surface area contributed by atoms with Crippen LogP contribution in [0.3, 0.4) is 0 Å². The summed E-state index contributed by atoms with van der Waals surface area (Å²) in [6.07, 6.45) is 7.13. The third kappa shape index (κ3) is 5.87. The number of phenols is 6. The fourth-order valence-corrected chi connectivity index (χ4v) is 7.26. The number of phenolic OH excluding ortho intramolecular Hbond substituents is 6. The van der Waals surface area contributed by atoms with Crippen molar-refractivity contribution < 1.29 is 50.1 Å². The van der Waals surface area contributed by atoms with Gasteiger partial charge in [0.15, 0.2) is 0 Å². The zero-order valence-corrected chi connectivity index (χ0v) is 32.0. The van der Waals surface area contributed by atoms with E-state index < -0.39 is 0 Å². The van der Waals surface area contributed by atoms with Gasteiger partial charge in [-0.25, -0.2) is 9.97 Å². The Kier molecular flexibility index (Phi) is 8.71. The number of nitrogens with zero attached hydrogens (tertiary/aromatic N) is 2. The molecule has 0 unspecified atom stereocenters. The van der Waals surface area contributed by atoms with Crippen LogP contribution in [0.5, 0.6) is 34.5 Å². The number of fused-ring (bicyclic) bond motifs is 8. The molecule has 0 fully saturated rings. The smallest absolute Gasteiger partial charge is 0.507 e. The second-order valence-corrected chi connectivity index (χ2v) is 12.9. The van der Waals surface area contributed by atoms with Gasteiger partial charge in [0.25, 0.3) is 0 Å². The molecule has 262 valence electrons. The van der Waals surface area contributed by atoms with Crippen LogP contribution in [0.4, 0.5) is 0 Å². The van der Waals surface area contributed by atoms with Gasteiger partial charge in [-0.15, -0.1) is 0 Å². The standard InChI is InChI=1S/C44H30N4O6.Zn/c49-32-9-4-10-33(50)42(32)39-26-17-15-24(45-26)38(23-7-2-1-3-8-23)25-16-18-27(46-25)40(43-34(51)11-5-12-35(43)52)29-20-22-31(48-29)41(30-21-19-28(39)47-30)44-36(53)13-6-14-37(44)54;/h1-22,45,48-54H;/q;+2. The van der Waals surface area contributed by atoms with Crippen LogP contribution in [-0.2, 0) is 19.5 Å². The summed E-state index contributed by atoms with van der Waals surface area (Å²) in [6, 6.07) is 30.4. The predicted octanol–water partition coefficient (Wildman–Crippen LogP) is 9.55. The Balaban J connectivity index is 0.00000427. The van der Waals surface area contributed by atoms with Crippen LogP contribution in [0.15, 0.2) is 109 Å². The first-order chi connectivity index (χ1) is 26.3. The Bertz CT molecular complexity index is 2800. The van der Waals surface area contributed by atoms with E-state index in [1.807, 2.05) is 54.6 Å². The van der Waals surface area contributed by atoms with Crippen LogP contribution in [0.1, 0.15) is 22.8 Å².